The Balaban J connectivity index is -0.0000000450. The van der Waals surface area contributed by atoms with E-state index in [1.165, 1.54) is 0 Å². The Morgan fingerprint density at radius 3 is 0.385 bits per heavy atom. The molecule has 0 aliphatic heterocycles. The molecular formula is F9P3Ru. The van der Waals surface area contributed by atoms with Crippen LogP contribution in [0.1, 0.15) is 0 Å². The van der Waals surface area contributed by atoms with Crippen LogP contribution in [-0.4, -0.2) is 0 Å². The average Bonchev–Trinajstić information content (AvgIpc) is 1.54. The van der Waals surface area contributed by atoms with Gasteiger partial charge in [-0.05, 0) is 0 Å². The summed E-state index contributed by atoms with van der Waals surface area (Å²) in [7, 11) is -12.4. The molecule has 0 aliphatic carbocycles. The van der Waals surface area contributed by atoms with Gasteiger partial charge in [0.25, 0.3) is 0 Å². The topological polar surface area (TPSA) is 0 Å². The Hall–Kier alpha value is 1.28. The van der Waals surface area contributed by atoms with E-state index < -0.39 is 26.6 Å². The average molecular weight is 365 g/mol. The summed E-state index contributed by atoms with van der Waals surface area (Å²) in [6, 6.07) is 0. The van der Waals surface area contributed by atoms with Gasteiger partial charge in [0.2, 0.25) is 0 Å². The van der Waals surface area contributed by atoms with Gasteiger partial charge in [-0.1, -0.05) is 0 Å². The van der Waals surface area contributed by atoms with Crippen LogP contribution in [0.15, 0.2) is 0 Å². The van der Waals surface area contributed by atoms with E-state index in [0.29, 0.717) is 0 Å². The van der Waals surface area contributed by atoms with Crippen LogP contribution >= 0.6 is 26.6 Å². The SMILES string of the molecule is FP(F)F.FP(F)F.FP(F)F.[Ru]. The predicted molar refractivity (Wildman–Crippen MR) is 30.7 cm³/mol. The van der Waals surface area contributed by atoms with Crippen LogP contribution in [0.25, 0.3) is 0 Å². The van der Waals surface area contributed by atoms with Crippen molar-refractivity contribution in [3.63, 3.8) is 0 Å². The fourth-order valence-electron chi connectivity index (χ4n) is 0. The van der Waals surface area contributed by atoms with Crippen molar-refractivity contribution in [2.24, 2.45) is 0 Å². The molecule has 0 saturated carbocycles. The van der Waals surface area contributed by atoms with Crippen molar-refractivity contribution in [2.45, 2.75) is 0 Å². The Labute approximate surface area is 84.4 Å². The van der Waals surface area contributed by atoms with E-state index in [2.05, 4.69) is 0 Å². The fraction of sp³-hybridized carbons (Fsp3) is 0. The fourth-order valence-corrected chi connectivity index (χ4v) is 0. The number of hydrogen-bond donors (Lipinski definition) is 0. The Kier molecular flexibility index (Phi) is 34.7. The molecule has 13 heavy (non-hydrogen) atoms. The molecule has 0 unspecified atom stereocenters. The Morgan fingerprint density at radius 2 is 0.385 bits per heavy atom. The third-order valence-electron chi connectivity index (χ3n) is 0. The maximum absolute atomic E-state index is 9.73. The molecule has 0 saturated heterocycles. The maximum Gasteiger partial charge on any atom is 0.456 e. The van der Waals surface area contributed by atoms with E-state index in [-0.39, 0.29) is 19.5 Å². The van der Waals surface area contributed by atoms with Gasteiger partial charge in [-0.15, -0.1) is 0 Å². The minimum absolute atomic E-state index is 0. The first kappa shape index (κ1) is 23.8. The van der Waals surface area contributed by atoms with Crippen LogP contribution in [0.5, 0.6) is 0 Å². The van der Waals surface area contributed by atoms with Crippen molar-refractivity contribution in [2.75, 3.05) is 0 Å². The summed E-state index contributed by atoms with van der Waals surface area (Å²) in [4.78, 5) is 0. The molecule has 0 bridgehead atoms. The quantitative estimate of drug-likeness (QED) is 0.266. The summed E-state index contributed by atoms with van der Waals surface area (Å²) >= 11 is 0. The van der Waals surface area contributed by atoms with E-state index >= 15 is 0 Å². The first-order chi connectivity index (χ1) is 5.20. The minimum atomic E-state index is -4.12. The van der Waals surface area contributed by atoms with E-state index in [1.54, 1.807) is 0 Å². The van der Waals surface area contributed by atoms with E-state index in [4.69, 9.17) is 0 Å². The minimum Gasteiger partial charge on any atom is -0.152 e. The number of halogens is 9. The molecule has 0 aliphatic rings. The Morgan fingerprint density at radius 1 is 0.385 bits per heavy atom. The molecule has 0 aromatic heterocycles. The second-order valence-electron chi connectivity index (χ2n) is 0.575. The normalized spacial score (nSPS) is 8.31. The summed E-state index contributed by atoms with van der Waals surface area (Å²) in [5.74, 6) is 0. The molecule has 86 valence electrons. The largest absolute Gasteiger partial charge is 0.456 e. The number of hydrogen-bond acceptors (Lipinski definition) is 0. The Bertz CT molecular complexity index is 43.4. The predicted octanol–water partition coefficient (Wildman–Crippen LogP) is 6.36. The first-order valence-electron chi connectivity index (χ1n) is 1.52. The number of rotatable bonds is 0. The van der Waals surface area contributed by atoms with Gasteiger partial charge in [0.15, 0.2) is 0 Å². The van der Waals surface area contributed by atoms with Gasteiger partial charge >= 0.3 is 26.6 Å². The van der Waals surface area contributed by atoms with Crippen molar-refractivity contribution in [3.8, 4) is 0 Å². The van der Waals surface area contributed by atoms with E-state index in [1.807, 2.05) is 0 Å². The van der Waals surface area contributed by atoms with Crippen molar-refractivity contribution in [1.82, 2.24) is 0 Å². The zero-order valence-corrected chi connectivity index (χ0v) is 9.52. The monoisotopic (exact) mass is 366 g/mol. The van der Waals surface area contributed by atoms with Crippen LogP contribution in [-0.2, 0) is 19.5 Å². The summed E-state index contributed by atoms with van der Waals surface area (Å²) in [5.41, 5.74) is 0. The van der Waals surface area contributed by atoms with Gasteiger partial charge in [-0.3, -0.25) is 0 Å². The molecule has 0 aromatic rings. The second kappa shape index (κ2) is 19.0. The molecule has 0 heterocycles. The van der Waals surface area contributed by atoms with Crippen molar-refractivity contribution >= 4 is 26.6 Å². The summed E-state index contributed by atoms with van der Waals surface area (Å²) in [6.07, 6.45) is 0. The molecule has 0 fully saturated rings. The smallest absolute Gasteiger partial charge is 0.152 e. The molecule has 0 atom stereocenters. The third kappa shape index (κ3) is 1030. The van der Waals surface area contributed by atoms with Crippen molar-refractivity contribution in [1.29, 1.82) is 0 Å². The van der Waals surface area contributed by atoms with Crippen LogP contribution in [0.4, 0.5) is 37.8 Å². The molecule has 0 radical (unpaired) electrons. The zero-order valence-electron chi connectivity index (χ0n) is 5.10. The van der Waals surface area contributed by atoms with Crippen LogP contribution < -0.4 is 0 Å². The van der Waals surface area contributed by atoms with Crippen LogP contribution in [0.3, 0.4) is 0 Å². The van der Waals surface area contributed by atoms with Gasteiger partial charge in [0.1, 0.15) is 0 Å². The molecular weight excluding hydrogens is 365 g/mol. The van der Waals surface area contributed by atoms with E-state index in [0.717, 1.165) is 0 Å². The molecule has 0 amide bonds. The maximum atomic E-state index is 9.73. The molecule has 0 aromatic carbocycles. The second-order valence-corrected chi connectivity index (χ2v) is 1.72. The van der Waals surface area contributed by atoms with Crippen LogP contribution in [0.2, 0.25) is 0 Å². The van der Waals surface area contributed by atoms with Gasteiger partial charge in [0, 0.05) is 19.5 Å². The summed E-state index contributed by atoms with van der Waals surface area (Å²) in [5, 5.41) is 0. The van der Waals surface area contributed by atoms with Crippen LogP contribution in [0, 0.1) is 0 Å². The molecule has 13 heteroatoms. The molecule has 0 nitrogen and oxygen atoms in total. The van der Waals surface area contributed by atoms with Crippen molar-refractivity contribution < 1.29 is 57.3 Å². The molecule has 0 N–H and O–H groups in total. The van der Waals surface area contributed by atoms with Gasteiger partial charge < -0.3 is 0 Å². The standard InChI is InChI=1S/3F3P.Ru/c3*1-4(2)3;. The van der Waals surface area contributed by atoms with Crippen molar-refractivity contribution in [3.05, 3.63) is 0 Å². The molecule has 0 rings (SSSR count). The zero-order chi connectivity index (χ0) is 10.7. The first-order valence-corrected chi connectivity index (χ1v) is 4.56. The van der Waals surface area contributed by atoms with Gasteiger partial charge in [-0.25, -0.2) is 0 Å². The van der Waals surface area contributed by atoms with E-state index in [9.17, 15) is 37.8 Å². The third-order valence-corrected chi connectivity index (χ3v) is 0. The summed E-state index contributed by atoms with van der Waals surface area (Å²) < 4.78 is 87.6. The summed E-state index contributed by atoms with van der Waals surface area (Å²) in [6.45, 7) is 0. The van der Waals surface area contributed by atoms with Gasteiger partial charge in [0.05, 0.1) is 0 Å². The molecule has 0 spiro atoms. The van der Waals surface area contributed by atoms with Gasteiger partial charge in [-0.2, -0.15) is 37.8 Å².